The zero-order valence-corrected chi connectivity index (χ0v) is 18.4. The Morgan fingerprint density at radius 2 is 2.03 bits per heavy atom. The number of carbonyl (C=O) groups excluding carboxylic acids is 2. The second-order valence-corrected chi connectivity index (χ2v) is 8.36. The fraction of sp³-hybridized carbons (Fsp3) is 0.524. The predicted octanol–water partition coefficient (Wildman–Crippen LogP) is 2.33. The molecule has 1 aromatic heterocycles. The highest BCUT2D eigenvalue weighted by Crippen LogP contribution is 2.25. The van der Waals surface area contributed by atoms with E-state index >= 15 is 0 Å². The molecule has 1 saturated heterocycles. The summed E-state index contributed by atoms with van der Waals surface area (Å²) in [4.78, 5) is 26.2. The Morgan fingerprint density at radius 3 is 2.68 bits per heavy atom. The quantitative estimate of drug-likeness (QED) is 0.622. The van der Waals surface area contributed by atoms with Crippen molar-refractivity contribution in [1.82, 2.24) is 15.1 Å². The molecule has 1 atom stereocenters. The van der Waals surface area contributed by atoms with Crippen LogP contribution in [-0.4, -0.2) is 58.8 Å². The number of primary amides is 1. The van der Waals surface area contributed by atoms with Gasteiger partial charge in [-0.15, -0.1) is 10.2 Å². The Morgan fingerprint density at radius 1 is 1.29 bits per heavy atom. The van der Waals surface area contributed by atoms with E-state index < -0.39 is 11.5 Å². The van der Waals surface area contributed by atoms with Gasteiger partial charge in [0, 0.05) is 30.3 Å². The van der Waals surface area contributed by atoms with Crippen molar-refractivity contribution in [2.45, 2.75) is 44.6 Å². The molecule has 0 spiro atoms. The number of nitrogens with zero attached hydrogens (tertiary/aromatic N) is 3. The van der Waals surface area contributed by atoms with E-state index in [9.17, 15) is 9.59 Å². The van der Waals surface area contributed by atoms with Crippen molar-refractivity contribution in [2.75, 3.05) is 26.3 Å². The van der Waals surface area contributed by atoms with Crippen LogP contribution >= 0.6 is 11.6 Å². The average molecular weight is 451 g/mol. The minimum Gasteiger partial charge on any atom is -0.490 e. The number of hydrogen-bond acceptors (Lipinski definition) is 7. The summed E-state index contributed by atoms with van der Waals surface area (Å²) >= 11 is 5.90. The minimum atomic E-state index is -1.02. The van der Waals surface area contributed by atoms with E-state index in [0.29, 0.717) is 35.5 Å². The third-order valence-electron chi connectivity index (χ3n) is 4.94. The molecule has 0 aliphatic carbocycles. The molecule has 1 aliphatic rings. The fourth-order valence-corrected chi connectivity index (χ4v) is 3.47. The van der Waals surface area contributed by atoms with Gasteiger partial charge in [-0.2, -0.15) is 0 Å². The highest BCUT2D eigenvalue weighted by atomic mass is 35.5. The van der Waals surface area contributed by atoms with Gasteiger partial charge in [-0.05, 0) is 24.3 Å². The zero-order chi connectivity index (χ0) is 22.4. The number of halogens is 1. The summed E-state index contributed by atoms with van der Waals surface area (Å²) < 4.78 is 17.3. The van der Waals surface area contributed by atoms with Crippen LogP contribution in [0.2, 0.25) is 5.02 Å². The Bertz CT molecular complexity index is 901. The molecule has 0 saturated carbocycles. The van der Waals surface area contributed by atoms with Crippen LogP contribution in [0, 0.1) is 0 Å². The topological polar surface area (TPSA) is 121 Å². The molecule has 2 N–H and O–H groups in total. The van der Waals surface area contributed by atoms with Gasteiger partial charge in [-0.3, -0.25) is 9.59 Å². The van der Waals surface area contributed by atoms with Crippen LogP contribution in [-0.2, 0) is 20.7 Å². The van der Waals surface area contributed by atoms with Crippen molar-refractivity contribution >= 4 is 23.4 Å². The van der Waals surface area contributed by atoms with Crippen molar-refractivity contribution < 1.29 is 23.5 Å². The first-order chi connectivity index (χ1) is 14.8. The van der Waals surface area contributed by atoms with E-state index in [1.807, 2.05) is 13.8 Å². The smallest absolute Gasteiger partial charge is 0.223 e. The van der Waals surface area contributed by atoms with E-state index in [4.69, 9.17) is 31.2 Å². The molecule has 0 bridgehead atoms. The van der Waals surface area contributed by atoms with Gasteiger partial charge >= 0.3 is 0 Å². The summed E-state index contributed by atoms with van der Waals surface area (Å²) in [5.41, 5.74) is 4.44. The number of nitrogens with two attached hydrogens (primary N) is 1. The molecule has 1 aromatic carbocycles. The summed E-state index contributed by atoms with van der Waals surface area (Å²) in [5.74, 6) is 1.08. The van der Waals surface area contributed by atoms with E-state index in [2.05, 4.69) is 10.2 Å². The van der Waals surface area contributed by atoms with Gasteiger partial charge < -0.3 is 24.5 Å². The second-order valence-electron chi connectivity index (χ2n) is 7.92. The maximum absolute atomic E-state index is 12.8. The summed E-state index contributed by atoms with van der Waals surface area (Å²) in [5, 5.41) is 8.56. The van der Waals surface area contributed by atoms with Crippen LogP contribution in [0.3, 0.4) is 0 Å². The van der Waals surface area contributed by atoms with Crippen molar-refractivity contribution in [3.63, 3.8) is 0 Å². The molecule has 1 fully saturated rings. The first-order valence-corrected chi connectivity index (χ1v) is 10.5. The molecule has 9 nitrogen and oxygen atoms in total. The Kier molecular flexibility index (Phi) is 7.50. The highest BCUT2D eigenvalue weighted by molar-refractivity contribution is 6.30. The average Bonchev–Trinajstić information content (AvgIpc) is 3.21. The Labute approximate surface area is 185 Å². The maximum atomic E-state index is 12.8. The molecule has 0 radical (unpaired) electrons. The predicted molar refractivity (Wildman–Crippen MR) is 113 cm³/mol. The lowest BCUT2D eigenvalue weighted by Crippen LogP contribution is -2.58. The Balaban J connectivity index is 1.62. The molecule has 10 heteroatoms. The number of carbonyl (C=O) groups is 2. The molecule has 2 aromatic rings. The van der Waals surface area contributed by atoms with Crippen LogP contribution in [0.5, 0.6) is 5.75 Å². The monoisotopic (exact) mass is 450 g/mol. The number of hydrogen-bond donors (Lipinski definition) is 1. The number of morpholine rings is 1. The molecule has 3 rings (SSSR count). The minimum absolute atomic E-state index is 0.0637. The molecular formula is C21H27ClN4O5. The molecular weight excluding hydrogens is 424 g/mol. The highest BCUT2D eigenvalue weighted by Gasteiger charge is 2.40. The van der Waals surface area contributed by atoms with E-state index in [1.165, 1.54) is 0 Å². The lowest BCUT2D eigenvalue weighted by molar-refractivity contribution is -0.161. The second kappa shape index (κ2) is 10.1. The molecule has 1 aliphatic heterocycles. The van der Waals surface area contributed by atoms with Gasteiger partial charge in [0.25, 0.3) is 0 Å². The first kappa shape index (κ1) is 23.0. The molecule has 2 heterocycles. The molecule has 2 amide bonds. The molecule has 0 unspecified atom stereocenters. The van der Waals surface area contributed by atoms with Gasteiger partial charge in [-0.1, -0.05) is 25.4 Å². The standard InChI is InChI=1S/C21H27ClN4O5/c1-14(2)20-25-24-18(31-20)7-8-19(28)26-9-10-30-21(12-26,11-17(23)27)13-29-16-5-3-15(22)4-6-16/h3-6,14H,7-13H2,1-2H3,(H2,23,27)/t21-/m1/s1. The molecule has 31 heavy (non-hydrogen) atoms. The summed E-state index contributed by atoms with van der Waals surface area (Å²) in [7, 11) is 0. The van der Waals surface area contributed by atoms with Crippen LogP contribution < -0.4 is 10.5 Å². The van der Waals surface area contributed by atoms with Crippen LogP contribution in [0.1, 0.15) is 44.4 Å². The van der Waals surface area contributed by atoms with Crippen molar-refractivity contribution in [3.05, 3.63) is 41.1 Å². The van der Waals surface area contributed by atoms with Crippen LogP contribution in [0.15, 0.2) is 28.7 Å². The number of rotatable bonds is 9. The van der Waals surface area contributed by atoms with Gasteiger partial charge in [0.05, 0.1) is 19.6 Å². The lowest BCUT2D eigenvalue weighted by atomic mass is 9.97. The summed E-state index contributed by atoms with van der Waals surface area (Å²) in [6, 6.07) is 6.86. The first-order valence-electron chi connectivity index (χ1n) is 10.2. The Hall–Kier alpha value is -2.65. The normalized spacial score (nSPS) is 18.9. The van der Waals surface area contributed by atoms with Crippen molar-refractivity contribution in [1.29, 1.82) is 0 Å². The third kappa shape index (κ3) is 6.41. The fourth-order valence-electron chi connectivity index (χ4n) is 3.34. The lowest BCUT2D eigenvalue weighted by Gasteiger charge is -2.42. The van der Waals surface area contributed by atoms with Crippen molar-refractivity contribution in [3.8, 4) is 5.75 Å². The third-order valence-corrected chi connectivity index (χ3v) is 5.19. The SMILES string of the molecule is CC(C)c1nnc(CCC(=O)N2CCO[C@](COc3ccc(Cl)cc3)(CC(N)=O)C2)o1. The summed E-state index contributed by atoms with van der Waals surface area (Å²) in [6.45, 7) is 4.88. The van der Waals surface area contributed by atoms with Gasteiger partial charge in [-0.25, -0.2) is 0 Å². The van der Waals surface area contributed by atoms with E-state index in [-0.39, 0.29) is 44.4 Å². The number of benzene rings is 1. The number of amides is 2. The van der Waals surface area contributed by atoms with E-state index in [1.54, 1.807) is 29.2 Å². The van der Waals surface area contributed by atoms with E-state index in [0.717, 1.165) is 0 Å². The number of aromatic nitrogens is 2. The van der Waals surface area contributed by atoms with Crippen LogP contribution in [0.4, 0.5) is 0 Å². The van der Waals surface area contributed by atoms with Crippen molar-refractivity contribution in [2.24, 2.45) is 5.73 Å². The van der Waals surface area contributed by atoms with Crippen LogP contribution in [0.25, 0.3) is 0 Å². The zero-order valence-electron chi connectivity index (χ0n) is 17.7. The maximum Gasteiger partial charge on any atom is 0.223 e. The van der Waals surface area contributed by atoms with Gasteiger partial charge in [0.15, 0.2) is 0 Å². The summed E-state index contributed by atoms with van der Waals surface area (Å²) in [6.07, 6.45) is 0.496. The largest absolute Gasteiger partial charge is 0.490 e. The van der Waals surface area contributed by atoms with Gasteiger partial charge in [0.1, 0.15) is 18.0 Å². The number of ether oxygens (including phenoxy) is 2. The number of aryl methyl sites for hydroxylation is 1. The molecule has 168 valence electrons. The van der Waals surface area contributed by atoms with Gasteiger partial charge in [0.2, 0.25) is 23.6 Å².